The van der Waals surface area contributed by atoms with Crippen molar-refractivity contribution in [1.29, 1.82) is 0 Å². The Bertz CT molecular complexity index is 1300. The molecule has 3 unspecified atom stereocenters. The Labute approximate surface area is 198 Å². The molecule has 0 aliphatic heterocycles. The Kier molecular flexibility index (Phi) is 7.20. The summed E-state index contributed by atoms with van der Waals surface area (Å²) in [5.41, 5.74) is 0.212. The van der Waals surface area contributed by atoms with Crippen LogP contribution in [0.4, 0.5) is 14.6 Å². The number of hydrogen-bond acceptors (Lipinski definition) is 10. The van der Waals surface area contributed by atoms with Gasteiger partial charge < -0.3 is 14.8 Å². The second-order valence-corrected chi connectivity index (χ2v) is 9.26. The van der Waals surface area contributed by atoms with Crippen LogP contribution in [0.1, 0.15) is 46.8 Å². The maximum Gasteiger partial charge on any atom is 0.333 e. The second kappa shape index (κ2) is 10.2. The number of ketones is 1. The first-order valence-corrected chi connectivity index (χ1v) is 11.9. The Morgan fingerprint density at radius 3 is 2.86 bits per heavy atom. The number of rotatable bonds is 10. The molecule has 1 saturated carbocycles. The van der Waals surface area contributed by atoms with Gasteiger partial charge in [0, 0.05) is 24.4 Å². The molecule has 188 valence electrons. The molecule has 0 spiro atoms. The second-order valence-electron chi connectivity index (χ2n) is 8.03. The van der Waals surface area contributed by atoms with Crippen molar-refractivity contribution in [2.24, 2.45) is 11.1 Å². The van der Waals surface area contributed by atoms with Gasteiger partial charge in [0.1, 0.15) is 23.6 Å². The number of nitrogens with one attached hydrogen (secondary N) is 1. The minimum Gasteiger partial charge on any atom is -0.458 e. The summed E-state index contributed by atoms with van der Waals surface area (Å²) in [5.74, 6) is -0.927. The van der Waals surface area contributed by atoms with E-state index in [9.17, 15) is 27.1 Å². The van der Waals surface area contributed by atoms with Crippen LogP contribution in [0.25, 0.3) is 0 Å². The lowest BCUT2D eigenvalue weighted by molar-refractivity contribution is 0.101. The van der Waals surface area contributed by atoms with Crippen molar-refractivity contribution < 1.29 is 35.7 Å². The standard InChI is InChI=1S/C20H22F2N6O6S/c21-19(22)17-2-1-13(34-17)8-28-4-3-15(27-28)18(30)14-7-24-10-25-20(14)26-12-5-11(16(29)6-12)9-33-35(23,31)32/h1-4,7,10-12,16,19,29H,5-6,8-9H2,(H2,23,31,32)(H,24,25,26). The lowest BCUT2D eigenvalue weighted by Crippen LogP contribution is -2.24. The van der Waals surface area contributed by atoms with Crippen molar-refractivity contribution in [1.82, 2.24) is 19.7 Å². The van der Waals surface area contributed by atoms with Crippen LogP contribution in [0.5, 0.6) is 0 Å². The SMILES string of the molecule is NS(=O)(=O)OCC1CC(Nc2ncncc2C(=O)c2ccn(Cc3ccc(C(F)F)o3)n2)CC1O. The predicted octanol–water partition coefficient (Wildman–Crippen LogP) is 1.25. The van der Waals surface area contributed by atoms with Gasteiger partial charge in [-0.15, -0.1) is 0 Å². The Balaban J connectivity index is 1.43. The van der Waals surface area contributed by atoms with Crippen LogP contribution in [0.3, 0.4) is 0 Å². The van der Waals surface area contributed by atoms with Gasteiger partial charge in [-0.2, -0.15) is 13.5 Å². The maximum atomic E-state index is 13.1. The highest BCUT2D eigenvalue weighted by Gasteiger charge is 2.35. The van der Waals surface area contributed by atoms with E-state index in [0.29, 0.717) is 6.42 Å². The van der Waals surface area contributed by atoms with Crippen molar-refractivity contribution in [2.75, 3.05) is 11.9 Å². The molecule has 4 rings (SSSR count). The van der Waals surface area contributed by atoms with Crippen LogP contribution in [0.15, 0.2) is 41.3 Å². The molecule has 1 fully saturated rings. The number of furan rings is 1. The molecule has 3 heterocycles. The number of halogens is 2. The number of alkyl halides is 2. The minimum atomic E-state index is -4.13. The number of nitrogens with zero attached hydrogens (tertiary/aromatic N) is 4. The summed E-state index contributed by atoms with van der Waals surface area (Å²) >= 11 is 0. The van der Waals surface area contributed by atoms with Crippen LogP contribution in [0.2, 0.25) is 0 Å². The number of carbonyl (C=O) groups is 1. The maximum absolute atomic E-state index is 13.1. The van der Waals surface area contributed by atoms with Crippen molar-refractivity contribution in [3.63, 3.8) is 0 Å². The van der Waals surface area contributed by atoms with Gasteiger partial charge in [0.05, 0.1) is 24.8 Å². The van der Waals surface area contributed by atoms with Gasteiger partial charge in [-0.3, -0.25) is 13.7 Å². The van der Waals surface area contributed by atoms with E-state index in [1.165, 1.54) is 41.6 Å². The average Bonchev–Trinajstić information content (AvgIpc) is 3.53. The van der Waals surface area contributed by atoms with Crippen molar-refractivity contribution >= 4 is 21.9 Å². The molecular formula is C20H22F2N6O6S. The Morgan fingerprint density at radius 1 is 1.34 bits per heavy atom. The normalized spacial score (nSPS) is 20.4. The molecular weight excluding hydrogens is 490 g/mol. The molecule has 3 aromatic heterocycles. The first kappa shape index (κ1) is 24.8. The Hall–Kier alpha value is -3.27. The zero-order valence-electron chi connectivity index (χ0n) is 18.1. The largest absolute Gasteiger partial charge is 0.458 e. The third-order valence-corrected chi connectivity index (χ3v) is 5.95. The molecule has 1 aliphatic carbocycles. The topological polar surface area (TPSA) is 175 Å². The molecule has 0 radical (unpaired) electrons. The zero-order chi connectivity index (χ0) is 25.2. The van der Waals surface area contributed by atoms with Crippen LogP contribution in [-0.2, 0) is 21.0 Å². The van der Waals surface area contributed by atoms with Gasteiger partial charge in [-0.25, -0.2) is 23.9 Å². The van der Waals surface area contributed by atoms with E-state index < -0.39 is 40.3 Å². The third-order valence-electron chi connectivity index (χ3n) is 5.49. The zero-order valence-corrected chi connectivity index (χ0v) is 18.9. The molecule has 3 atom stereocenters. The lowest BCUT2D eigenvalue weighted by atomic mass is 10.1. The summed E-state index contributed by atoms with van der Waals surface area (Å²) in [4.78, 5) is 21.1. The van der Waals surface area contributed by atoms with Gasteiger partial charge in [0.25, 0.3) is 6.43 Å². The van der Waals surface area contributed by atoms with Crippen molar-refractivity contribution in [3.05, 3.63) is 59.7 Å². The first-order chi connectivity index (χ1) is 16.6. The van der Waals surface area contributed by atoms with Gasteiger partial charge in [-0.05, 0) is 31.0 Å². The molecule has 12 nitrogen and oxygen atoms in total. The third kappa shape index (κ3) is 6.25. The molecule has 0 saturated heterocycles. The van der Waals surface area contributed by atoms with E-state index in [0.717, 1.165) is 0 Å². The van der Waals surface area contributed by atoms with E-state index in [2.05, 4.69) is 24.6 Å². The molecule has 35 heavy (non-hydrogen) atoms. The molecule has 3 aromatic rings. The summed E-state index contributed by atoms with van der Waals surface area (Å²) < 4.78 is 58.4. The molecule has 1 aliphatic rings. The van der Waals surface area contributed by atoms with Crippen LogP contribution in [-0.4, -0.2) is 57.8 Å². The highest BCUT2D eigenvalue weighted by molar-refractivity contribution is 7.84. The molecule has 15 heteroatoms. The van der Waals surface area contributed by atoms with E-state index >= 15 is 0 Å². The van der Waals surface area contributed by atoms with Gasteiger partial charge in [0.15, 0.2) is 5.76 Å². The number of nitrogens with two attached hydrogens (primary N) is 1. The lowest BCUT2D eigenvalue weighted by Gasteiger charge is -2.15. The Morgan fingerprint density at radius 2 is 2.14 bits per heavy atom. The number of anilines is 1. The number of aliphatic hydroxyl groups excluding tert-OH is 1. The van der Waals surface area contributed by atoms with E-state index in [4.69, 9.17) is 9.56 Å². The van der Waals surface area contributed by atoms with E-state index in [-0.39, 0.29) is 48.4 Å². The quantitative estimate of drug-likeness (QED) is 0.335. The van der Waals surface area contributed by atoms with Crippen LogP contribution in [0, 0.1) is 5.92 Å². The summed E-state index contributed by atoms with van der Waals surface area (Å²) in [6.07, 6.45) is 1.16. The summed E-state index contributed by atoms with van der Waals surface area (Å²) in [5, 5.41) is 22.3. The van der Waals surface area contributed by atoms with E-state index in [1.54, 1.807) is 0 Å². The summed E-state index contributed by atoms with van der Waals surface area (Å²) in [6.45, 7) is -0.210. The molecule has 0 aromatic carbocycles. The molecule has 4 N–H and O–H groups in total. The van der Waals surface area contributed by atoms with Gasteiger partial charge >= 0.3 is 10.3 Å². The monoisotopic (exact) mass is 512 g/mol. The van der Waals surface area contributed by atoms with E-state index in [1.807, 2.05) is 0 Å². The summed E-state index contributed by atoms with van der Waals surface area (Å²) in [6, 6.07) is 3.74. The first-order valence-electron chi connectivity index (χ1n) is 10.5. The number of carbonyl (C=O) groups excluding carboxylic acids is 1. The van der Waals surface area contributed by atoms with Gasteiger partial charge in [-0.1, -0.05) is 0 Å². The highest BCUT2D eigenvalue weighted by atomic mass is 32.2. The number of aromatic nitrogens is 4. The highest BCUT2D eigenvalue weighted by Crippen LogP contribution is 2.30. The van der Waals surface area contributed by atoms with Crippen molar-refractivity contribution in [2.45, 2.75) is 38.0 Å². The fraction of sp³-hybridized carbons (Fsp3) is 0.400. The number of aliphatic hydroxyl groups is 1. The average molecular weight is 512 g/mol. The fourth-order valence-electron chi connectivity index (χ4n) is 3.85. The van der Waals surface area contributed by atoms with Crippen molar-refractivity contribution in [3.8, 4) is 0 Å². The van der Waals surface area contributed by atoms with Crippen LogP contribution < -0.4 is 10.5 Å². The van der Waals surface area contributed by atoms with Crippen LogP contribution >= 0.6 is 0 Å². The van der Waals surface area contributed by atoms with Gasteiger partial charge in [0.2, 0.25) is 5.78 Å². The molecule has 0 amide bonds. The fourth-order valence-corrected chi connectivity index (χ4v) is 4.22. The smallest absolute Gasteiger partial charge is 0.333 e. The minimum absolute atomic E-state index is 0.0539. The predicted molar refractivity (Wildman–Crippen MR) is 116 cm³/mol. The molecule has 0 bridgehead atoms. The number of hydrogen-bond donors (Lipinski definition) is 3. The summed E-state index contributed by atoms with van der Waals surface area (Å²) in [7, 11) is -4.13.